The molecule has 3 rings (SSSR count). The molecule has 1 aromatic carbocycles. The summed E-state index contributed by atoms with van der Waals surface area (Å²) in [5.41, 5.74) is 2.17. The van der Waals surface area contributed by atoms with Crippen molar-refractivity contribution < 1.29 is 9.59 Å². The number of hydrogen-bond acceptors (Lipinski definition) is 6. The molecule has 0 saturated heterocycles. The number of rotatable bonds is 6. The Labute approximate surface area is 156 Å². The van der Waals surface area contributed by atoms with Gasteiger partial charge in [0.25, 0.3) is 11.8 Å². The number of nitriles is 1. The maximum atomic E-state index is 12.3. The molecule has 2 amide bonds. The van der Waals surface area contributed by atoms with Crippen molar-refractivity contribution in [2.24, 2.45) is 0 Å². The Morgan fingerprint density at radius 3 is 2.35 bits per heavy atom. The van der Waals surface area contributed by atoms with E-state index in [1.165, 1.54) is 16.7 Å². The number of unbranched alkanes of at least 4 members (excludes halogenated alkanes) is 1. The van der Waals surface area contributed by atoms with Crippen molar-refractivity contribution in [1.82, 2.24) is 14.9 Å². The number of carbonyl (C=O) groups excluding carboxylic acids is 2. The lowest BCUT2D eigenvalue weighted by Crippen LogP contribution is -2.30. The average Bonchev–Trinajstić information content (AvgIpc) is 2.86. The van der Waals surface area contributed by atoms with E-state index < -0.39 is 0 Å². The molecule has 0 saturated carbocycles. The first-order valence-electron chi connectivity index (χ1n) is 8.36. The molecule has 6 nitrogen and oxygen atoms in total. The number of hydrogen-bond donors (Lipinski definition) is 0. The molecule has 26 heavy (non-hydrogen) atoms. The van der Waals surface area contributed by atoms with Gasteiger partial charge in [-0.05, 0) is 44.6 Å². The van der Waals surface area contributed by atoms with Crippen LogP contribution in [0.2, 0.25) is 0 Å². The number of thioether (sulfide) groups is 1. The highest BCUT2D eigenvalue weighted by Crippen LogP contribution is 2.25. The Bertz CT molecular complexity index is 885. The van der Waals surface area contributed by atoms with Gasteiger partial charge < -0.3 is 0 Å². The van der Waals surface area contributed by atoms with Gasteiger partial charge >= 0.3 is 0 Å². The van der Waals surface area contributed by atoms with Crippen LogP contribution >= 0.6 is 11.8 Å². The Kier molecular flexibility index (Phi) is 5.33. The molecular weight excluding hydrogens is 348 g/mol. The van der Waals surface area contributed by atoms with Gasteiger partial charge in [0.2, 0.25) is 0 Å². The first kappa shape index (κ1) is 18.1. The second-order valence-corrected chi connectivity index (χ2v) is 7.09. The summed E-state index contributed by atoms with van der Waals surface area (Å²) in [4.78, 5) is 34.5. The monoisotopic (exact) mass is 366 g/mol. The van der Waals surface area contributed by atoms with Crippen LogP contribution in [0.4, 0.5) is 0 Å². The molecule has 0 fully saturated rings. The third kappa shape index (κ3) is 3.46. The Morgan fingerprint density at radius 2 is 1.73 bits per heavy atom. The predicted molar refractivity (Wildman–Crippen MR) is 98.0 cm³/mol. The van der Waals surface area contributed by atoms with Crippen LogP contribution in [0.5, 0.6) is 0 Å². The number of nitrogens with zero attached hydrogens (tertiary/aromatic N) is 4. The fraction of sp³-hybridized carbons (Fsp3) is 0.316. The topological polar surface area (TPSA) is 87.0 Å². The molecule has 2 heterocycles. The highest BCUT2D eigenvalue weighted by atomic mass is 32.2. The first-order chi connectivity index (χ1) is 12.5. The lowest BCUT2D eigenvalue weighted by molar-refractivity contribution is 0.0652. The summed E-state index contributed by atoms with van der Waals surface area (Å²) < 4.78 is 0. The molecule has 7 heteroatoms. The van der Waals surface area contributed by atoms with Crippen molar-refractivity contribution in [3.05, 3.63) is 52.5 Å². The number of imide groups is 1. The maximum absolute atomic E-state index is 12.3. The van der Waals surface area contributed by atoms with E-state index in [0.717, 1.165) is 12.2 Å². The minimum absolute atomic E-state index is 0.216. The molecule has 0 radical (unpaired) electrons. The minimum Gasteiger partial charge on any atom is -0.274 e. The lowest BCUT2D eigenvalue weighted by Gasteiger charge is -2.13. The summed E-state index contributed by atoms with van der Waals surface area (Å²) in [5, 5.41) is 9.95. The largest absolute Gasteiger partial charge is 0.274 e. The van der Waals surface area contributed by atoms with Crippen molar-refractivity contribution in [2.45, 2.75) is 31.7 Å². The predicted octanol–water partition coefficient (Wildman–Crippen LogP) is 3.13. The van der Waals surface area contributed by atoms with Crippen LogP contribution in [0, 0.1) is 25.2 Å². The summed E-state index contributed by atoms with van der Waals surface area (Å²) in [5.74, 6) is 0.974. The molecule has 0 unspecified atom stereocenters. The minimum atomic E-state index is -0.216. The Balaban J connectivity index is 1.53. The lowest BCUT2D eigenvalue weighted by atomic mass is 10.1. The van der Waals surface area contributed by atoms with E-state index in [4.69, 9.17) is 0 Å². The highest BCUT2D eigenvalue weighted by Gasteiger charge is 2.34. The number of amides is 2. The van der Waals surface area contributed by atoms with Crippen molar-refractivity contribution in [3.8, 4) is 6.07 Å². The second kappa shape index (κ2) is 7.67. The first-order valence-corrected chi connectivity index (χ1v) is 9.35. The van der Waals surface area contributed by atoms with Gasteiger partial charge in [0.15, 0.2) is 0 Å². The number of aromatic nitrogens is 2. The van der Waals surface area contributed by atoms with E-state index in [2.05, 4.69) is 16.0 Å². The van der Waals surface area contributed by atoms with Gasteiger partial charge in [-0.2, -0.15) is 5.26 Å². The van der Waals surface area contributed by atoms with Gasteiger partial charge in [-0.15, -0.1) is 11.8 Å². The third-order valence-electron chi connectivity index (χ3n) is 4.17. The van der Waals surface area contributed by atoms with E-state index in [1.54, 1.807) is 38.1 Å². The van der Waals surface area contributed by atoms with Gasteiger partial charge in [-0.1, -0.05) is 12.1 Å². The smallest absolute Gasteiger partial charge is 0.261 e. The summed E-state index contributed by atoms with van der Waals surface area (Å²) in [6, 6.07) is 9.07. The summed E-state index contributed by atoms with van der Waals surface area (Å²) in [6.45, 7) is 4.01. The molecular formula is C19H18N4O2S. The summed E-state index contributed by atoms with van der Waals surface area (Å²) in [6.07, 6.45) is 1.52. The molecule has 0 N–H and O–H groups in total. The van der Waals surface area contributed by atoms with Crippen molar-refractivity contribution in [1.29, 1.82) is 5.26 Å². The normalized spacial score (nSPS) is 13.0. The number of carbonyl (C=O) groups is 2. The molecule has 0 aliphatic carbocycles. The zero-order chi connectivity index (χ0) is 18.7. The third-order valence-corrected chi connectivity index (χ3v) is 5.24. The molecule has 1 aliphatic rings. The average molecular weight is 366 g/mol. The van der Waals surface area contributed by atoms with Gasteiger partial charge in [0.1, 0.15) is 22.5 Å². The zero-order valence-corrected chi connectivity index (χ0v) is 15.5. The van der Waals surface area contributed by atoms with E-state index in [0.29, 0.717) is 46.2 Å². The quantitative estimate of drug-likeness (QED) is 0.338. The number of aryl methyl sites for hydroxylation is 2. The van der Waals surface area contributed by atoms with Crippen molar-refractivity contribution in [3.63, 3.8) is 0 Å². The van der Waals surface area contributed by atoms with Gasteiger partial charge in [0.05, 0.1) is 16.8 Å². The fourth-order valence-electron chi connectivity index (χ4n) is 2.90. The van der Waals surface area contributed by atoms with Crippen LogP contribution in [0.3, 0.4) is 0 Å². The van der Waals surface area contributed by atoms with Crippen LogP contribution < -0.4 is 0 Å². The van der Waals surface area contributed by atoms with Gasteiger partial charge in [0, 0.05) is 6.54 Å². The molecule has 0 atom stereocenters. The van der Waals surface area contributed by atoms with Crippen LogP contribution in [0.25, 0.3) is 0 Å². The van der Waals surface area contributed by atoms with Crippen molar-refractivity contribution >= 4 is 23.6 Å². The molecule has 1 aromatic heterocycles. The standard InChI is InChI=1S/C19H18N4O2S/c1-12-16(11-20)17(22-13(2)21-12)26-10-6-5-9-23-18(24)14-7-3-4-8-15(14)19(23)25/h3-4,7-8H,5-6,9-10H2,1-2H3. The SMILES string of the molecule is Cc1nc(C)c(C#N)c(SCCCCN2C(=O)c3ccccc3C2=O)n1. The Hall–Kier alpha value is -2.72. The molecule has 0 bridgehead atoms. The van der Waals surface area contributed by atoms with E-state index in [-0.39, 0.29) is 11.8 Å². The second-order valence-electron chi connectivity index (χ2n) is 6.01. The van der Waals surface area contributed by atoms with E-state index in [1.807, 2.05) is 0 Å². The van der Waals surface area contributed by atoms with Gasteiger partial charge in [-0.3, -0.25) is 14.5 Å². The molecule has 1 aliphatic heterocycles. The highest BCUT2D eigenvalue weighted by molar-refractivity contribution is 7.99. The Morgan fingerprint density at radius 1 is 1.08 bits per heavy atom. The molecule has 2 aromatic rings. The van der Waals surface area contributed by atoms with Crippen molar-refractivity contribution in [2.75, 3.05) is 12.3 Å². The number of benzene rings is 1. The van der Waals surface area contributed by atoms with E-state index >= 15 is 0 Å². The number of fused-ring (bicyclic) bond motifs is 1. The molecule has 132 valence electrons. The fourth-order valence-corrected chi connectivity index (χ4v) is 3.97. The van der Waals surface area contributed by atoms with Crippen LogP contribution in [0.15, 0.2) is 29.3 Å². The van der Waals surface area contributed by atoms with Gasteiger partial charge in [-0.25, -0.2) is 9.97 Å². The zero-order valence-electron chi connectivity index (χ0n) is 14.7. The summed E-state index contributed by atoms with van der Waals surface area (Å²) >= 11 is 1.51. The maximum Gasteiger partial charge on any atom is 0.261 e. The van der Waals surface area contributed by atoms with Crippen LogP contribution in [-0.4, -0.2) is 39.0 Å². The molecule has 0 spiro atoms. The summed E-state index contributed by atoms with van der Waals surface area (Å²) in [7, 11) is 0. The van der Waals surface area contributed by atoms with Crippen LogP contribution in [0.1, 0.15) is 50.6 Å². The van der Waals surface area contributed by atoms with E-state index in [9.17, 15) is 14.9 Å². The van der Waals surface area contributed by atoms with Crippen LogP contribution in [-0.2, 0) is 0 Å².